The summed E-state index contributed by atoms with van der Waals surface area (Å²) >= 11 is 1.32. The Morgan fingerprint density at radius 1 is 0.985 bits per heavy atom. The number of anilines is 1. The maximum atomic E-state index is 15.6. The average molecular weight is 910 g/mol. The highest BCUT2D eigenvalue weighted by Gasteiger charge is 2.36. The van der Waals surface area contributed by atoms with Crippen LogP contribution in [-0.4, -0.2) is 83.8 Å². The molecule has 0 aliphatic carbocycles. The fourth-order valence-corrected chi connectivity index (χ4v) is 8.42. The van der Waals surface area contributed by atoms with Crippen LogP contribution in [0.4, 0.5) is 9.52 Å². The first kappa shape index (κ1) is 48.4. The number of carbonyl (C=O) groups excluding carboxylic acids is 3. The van der Waals surface area contributed by atoms with Crippen LogP contribution in [0.15, 0.2) is 96.5 Å². The molecule has 1 aromatic heterocycles. The van der Waals surface area contributed by atoms with Gasteiger partial charge in [0.25, 0.3) is 0 Å². The normalized spacial score (nSPS) is 15.9. The van der Waals surface area contributed by atoms with Crippen molar-refractivity contribution in [3.63, 3.8) is 0 Å². The molecule has 0 unspecified atom stereocenters. The molecule has 7 N–H and O–H groups in total. The molecule has 0 fully saturated rings. The molecule has 344 valence electrons. The fourth-order valence-electron chi connectivity index (χ4n) is 7.88. The number of benzene rings is 4. The Balaban J connectivity index is 1.09. The highest BCUT2D eigenvalue weighted by molar-refractivity contribution is 7.13. The van der Waals surface area contributed by atoms with E-state index in [1.165, 1.54) is 41.7 Å². The largest absolute Gasteiger partial charge is 0.487 e. The van der Waals surface area contributed by atoms with Crippen LogP contribution in [-0.2, 0) is 37.5 Å². The first-order valence-corrected chi connectivity index (χ1v) is 22.5. The second-order valence-electron chi connectivity index (χ2n) is 16.7. The number of ether oxygens (including phenoxy) is 3. The number of nitrogens with two attached hydrogens (primary N) is 1. The van der Waals surface area contributed by atoms with Crippen molar-refractivity contribution in [2.45, 2.75) is 70.6 Å². The van der Waals surface area contributed by atoms with Crippen molar-refractivity contribution in [1.29, 1.82) is 0 Å². The Morgan fingerprint density at radius 3 is 2.45 bits per heavy atom. The van der Waals surface area contributed by atoms with E-state index in [2.05, 4.69) is 20.9 Å². The maximum Gasteiger partial charge on any atom is 0.335 e. The number of aliphatic hydroxyl groups excluding tert-OH is 1. The van der Waals surface area contributed by atoms with Gasteiger partial charge in [-0.1, -0.05) is 56.3 Å². The number of rotatable bonds is 23. The lowest BCUT2D eigenvalue weighted by Crippen LogP contribution is -2.47. The lowest BCUT2D eigenvalue weighted by Gasteiger charge is -2.37. The molecular weight excluding hydrogens is 854 g/mol. The zero-order chi connectivity index (χ0) is 46.5. The van der Waals surface area contributed by atoms with Crippen molar-refractivity contribution in [3.8, 4) is 28.4 Å². The van der Waals surface area contributed by atoms with Gasteiger partial charge in [0.2, 0.25) is 11.8 Å². The molecular formula is C49H56FN5O9S. The minimum Gasteiger partial charge on any atom is -0.487 e. The quantitative estimate of drug-likeness (QED) is 0.0370. The third-order valence-electron chi connectivity index (χ3n) is 11.1. The van der Waals surface area contributed by atoms with Gasteiger partial charge in [-0.15, -0.1) is 11.3 Å². The van der Waals surface area contributed by atoms with Gasteiger partial charge in [0.15, 0.2) is 22.4 Å². The Morgan fingerprint density at radius 2 is 1.75 bits per heavy atom. The summed E-state index contributed by atoms with van der Waals surface area (Å²) in [5.41, 5.74) is 8.88. The summed E-state index contributed by atoms with van der Waals surface area (Å²) in [6.45, 7) is 7.03. The van der Waals surface area contributed by atoms with E-state index in [9.17, 15) is 29.4 Å². The molecule has 0 saturated carbocycles. The molecule has 0 spiro atoms. The van der Waals surface area contributed by atoms with Crippen LogP contribution >= 0.6 is 11.3 Å². The monoisotopic (exact) mass is 909 g/mol. The number of fused-ring (bicyclic) bond motifs is 1. The van der Waals surface area contributed by atoms with E-state index >= 15 is 4.39 Å². The smallest absolute Gasteiger partial charge is 0.335 e. The van der Waals surface area contributed by atoms with E-state index in [1.54, 1.807) is 29.8 Å². The number of Topliss-reactive ketones (excluding diaryl/α,β-unsaturated/α-hetero) is 1. The van der Waals surface area contributed by atoms with Gasteiger partial charge in [-0.2, -0.15) is 0 Å². The van der Waals surface area contributed by atoms with Gasteiger partial charge < -0.3 is 46.1 Å². The van der Waals surface area contributed by atoms with Crippen LogP contribution in [0.2, 0.25) is 0 Å². The lowest BCUT2D eigenvalue weighted by molar-refractivity contribution is -0.134. The molecule has 65 heavy (non-hydrogen) atoms. The summed E-state index contributed by atoms with van der Waals surface area (Å²) in [6.07, 6.45) is 1.58. The van der Waals surface area contributed by atoms with Crippen molar-refractivity contribution in [2.24, 2.45) is 17.6 Å². The number of thiazole rings is 1. The van der Waals surface area contributed by atoms with Gasteiger partial charge in [-0.25, -0.2) is 14.2 Å². The van der Waals surface area contributed by atoms with E-state index in [0.717, 1.165) is 16.7 Å². The standard InChI is InChI=1S/C49H56FN5O9S/c1-30(2)23-35(25-41(56)45(58)40(51)24-31-7-5-4-6-8-31)46(59)52-17-19-62-20-21-63-42-26-34-15-16-54-49(3,29-44(57)55-48-53-18-22-65-48)38(34)28-43(42)64-36-13-14-37(39(50)27-36)32-9-11-33(12-10-32)47(60)61/h4-14,18,22,26-28,30,35,40,45,54,58H,15-17,19-21,23-25,29,51H2,1-3H3,(H,52,59)(H,60,61)(H,53,55,57)/t35-,40-,45+,49+/m0/s1. The van der Waals surface area contributed by atoms with Crippen LogP contribution in [0.25, 0.3) is 11.1 Å². The van der Waals surface area contributed by atoms with Crippen molar-refractivity contribution in [1.82, 2.24) is 15.6 Å². The Bertz CT molecular complexity index is 2400. The number of carboxylic acids is 1. The second-order valence-corrected chi connectivity index (χ2v) is 17.6. The van der Waals surface area contributed by atoms with Gasteiger partial charge in [-0.05, 0) is 90.8 Å². The molecule has 16 heteroatoms. The fraction of sp³-hybridized carbons (Fsp3) is 0.367. The van der Waals surface area contributed by atoms with E-state index in [0.29, 0.717) is 42.3 Å². The number of nitrogens with zero attached hydrogens (tertiary/aromatic N) is 1. The second kappa shape index (κ2) is 22.7. The van der Waals surface area contributed by atoms with Gasteiger partial charge in [0, 0.05) is 66.6 Å². The Kier molecular flexibility index (Phi) is 16.9. The molecule has 4 atom stereocenters. The number of carbonyl (C=O) groups is 4. The number of ketones is 1. The summed E-state index contributed by atoms with van der Waals surface area (Å²) in [4.78, 5) is 55.0. The number of nitrogens with one attached hydrogen (secondary N) is 3. The van der Waals surface area contributed by atoms with E-state index in [-0.39, 0.29) is 79.6 Å². The minimum atomic E-state index is -1.40. The highest BCUT2D eigenvalue weighted by Crippen LogP contribution is 2.42. The zero-order valence-electron chi connectivity index (χ0n) is 36.7. The topological polar surface area (TPSA) is 211 Å². The van der Waals surface area contributed by atoms with Crippen LogP contribution in [0.1, 0.15) is 67.1 Å². The van der Waals surface area contributed by atoms with Crippen LogP contribution in [0, 0.1) is 17.7 Å². The number of hydrogen-bond donors (Lipinski definition) is 6. The Hall–Kier alpha value is -6.04. The number of aromatic carboxylic acids is 1. The molecule has 0 radical (unpaired) electrons. The van der Waals surface area contributed by atoms with Gasteiger partial charge in [-0.3, -0.25) is 14.4 Å². The molecule has 6 rings (SSSR count). The Labute approximate surface area is 381 Å². The van der Waals surface area contributed by atoms with Gasteiger partial charge >= 0.3 is 5.97 Å². The molecule has 1 aliphatic heterocycles. The first-order valence-electron chi connectivity index (χ1n) is 21.6. The number of aromatic nitrogens is 1. The molecule has 0 saturated heterocycles. The van der Waals surface area contributed by atoms with Crippen LogP contribution in [0.5, 0.6) is 17.2 Å². The molecule has 14 nitrogen and oxygen atoms in total. The van der Waals surface area contributed by atoms with Crippen LogP contribution in [0.3, 0.4) is 0 Å². The molecule has 1 aliphatic rings. The summed E-state index contributed by atoms with van der Waals surface area (Å²) in [7, 11) is 0. The summed E-state index contributed by atoms with van der Waals surface area (Å²) in [5.74, 6) is -2.37. The SMILES string of the molecule is CC(C)C[C@@H](CC(=O)[C@H](O)[C@@H](N)Cc1ccccc1)C(=O)NCCOCCOc1cc2c(cc1Oc1ccc(-c3ccc(C(=O)O)cc3)c(F)c1)[C@@](C)(CC(=O)Nc1nccs1)NCC2. The number of carboxylic acid groups (broad SMARTS) is 1. The molecule has 4 aromatic carbocycles. The van der Waals surface area contributed by atoms with Crippen molar-refractivity contribution < 1.29 is 48.0 Å². The third kappa shape index (κ3) is 13.5. The number of aliphatic hydroxyl groups is 1. The van der Waals surface area contributed by atoms with Crippen molar-refractivity contribution in [3.05, 3.63) is 125 Å². The lowest BCUT2D eigenvalue weighted by atomic mass is 9.81. The zero-order valence-corrected chi connectivity index (χ0v) is 37.5. The van der Waals surface area contributed by atoms with Gasteiger partial charge in [0.05, 0.1) is 18.8 Å². The first-order chi connectivity index (χ1) is 31.2. The van der Waals surface area contributed by atoms with E-state index in [4.69, 9.17) is 19.9 Å². The summed E-state index contributed by atoms with van der Waals surface area (Å²) < 4.78 is 34.0. The van der Waals surface area contributed by atoms with E-state index in [1.807, 2.05) is 57.2 Å². The number of amides is 2. The summed E-state index contributed by atoms with van der Waals surface area (Å²) in [5, 5.41) is 31.5. The van der Waals surface area contributed by atoms with Gasteiger partial charge in [0.1, 0.15) is 24.3 Å². The minimum absolute atomic E-state index is 0.0857. The summed E-state index contributed by atoms with van der Waals surface area (Å²) in [6, 6.07) is 22.5. The molecule has 2 heterocycles. The maximum absolute atomic E-state index is 15.6. The highest BCUT2D eigenvalue weighted by atomic mass is 32.1. The molecule has 5 aromatic rings. The third-order valence-corrected chi connectivity index (χ3v) is 11.8. The van der Waals surface area contributed by atoms with Crippen LogP contribution < -0.4 is 31.2 Å². The van der Waals surface area contributed by atoms with Crippen molar-refractivity contribution >= 4 is 40.0 Å². The number of hydrogen-bond acceptors (Lipinski definition) is 12. The molecule has 2 amide bonds. The van der Waals surface area contributed by atoms with Crippen molar-refractivity contribution in [2.75, 3.05) is 38.2 Å². The predicted molar refractivity (Wildman–Crippen MR) is 246 cm³/mol. The van der Waals surface area contributed by atoms with E-state index < -0.39 is 41.2 Å². The number of halogens is 1. The molecule has 0 bridgehead atoms. The predicted octanol–water partition coefficient (Wildman–Crippen LogP) is 6.89. The average Bonchev–Trinajstić information content (AvgIpc) is 3.79.